The summed E-state index contributed by atoms with van der Waals surface area (Å²) in [6.07, 6.45) is 0.440. The topological polar surface area (TPSA) is 77.3 Å². The monoisotopic (exact) mass is 285 g/mol. The number of alkyl halides is 1. The zero-order chi connectivity index (χ0) is 12.3. The Kier molecular flexibility index (Phi) is 3.89. The van der Waals surface area contributed by atoms with Crippen LogP contribution in [0.5, 0.6) is 0 Å². The summed E-state index contributed by atoms with van der Waals surface area (Å²) in [6.45, 7) is 1.55. The number of aldehydes is 1. The minimum absolute atomic E-state index is 0.0329. The third-order valence-corrected chi connectivity index (χ3v) is 2.42. The molecule has 5 nitrogen and oxygen atoms in total. The van der Waals surface area contributed by atoms with Crippen LogP contribution in [0.25, 0.3) is 0 Å². The number of hydrogen-bond donors (Lipinski definition) is 0. The summed E-state index contributed by atoms with van der Waals surface area (Å²) >= 11 is 3.04. The van der Waals surface area contributed by atoms with Crippen LogP contribution in [0.3, 0.4) is 0 Å². The van der Waals surface area contributed by atoms with E-state index in [9.17, 15) is 19.7 Å². The Morgan fingerprint density at radius 2 is 2.19 bits per heavy atom. The molecule has 84 valence electrons. The molecule has 0 aliphatic rings. The number of carbonyl (C=O) groups is 2. The first-order valence-electron chi connectivity index (χ1n) is 4.40. The van der Waals surface area contributed by atoms with Crippen molar-refractivity contribution in [1.29, 1.82) is 0 Å². The lowest BCUT2D eigenvalue weighted by Crippen LogP contribution is -2.14. The summed E-state index contributed by atoms with van der Waals surface area (Å²) in [4.78, 5) is 32.0. The summed E-state index contributed by atoms with van der Waals surface area (Å²) in [6, 6.07) is 3.95. The number of nitrogens with zero attached hydrogens (tertiary/aromatic N) is 1. The van der Waals surface area contributed by atoms with E-state index in [1.165, 1.54) is 18.2 Å². The number of hydrogen-bond acceptors (Lipinski definition) is 4. The third kappa shape index (κ3) is 2.33. The average Bonchev–Trinajstić information content (AvgIpc) is 2.26. The van der Waals surface area contributed by atoms with E-state index in [0.717, 1.165) is 0 Å². The van der Waals surface area contributed by atoms with Crippen molar-refractivity contribution >= 4 is 33.7 Å². The highest BCUT2D eigenvalue weighted by Gasteiger charge is 2.25. The molecule has 0 spiro atoms. The summed E-state index contributed by atoms with van der Waals surface area (Å²) in [5.74, 6) is -0.477. The van der Waals surface area contributed by atoms with Gasteiger partial charge >= 0.3 is 0 Å². The van der Waals surface area contributed by atoms with Gasteiger partial charge in [-0.15, -0.1) is 0 Å². The molecule has 0 saturated heterocycles. The van der Waals surface area contributed by atoms with Crippen LogP contribution in [0.15, 0.2) is 18.2 Å². The molecule has 16 heavy (non-hydrogen) atoms. The van der Waals surface area contributed by atoms with Crippen molar-refractivity contribution in [1.82, 2.24) is 0 Å². The number of benzene rings is 1. The highest BCUT2D eigenvalue weighted by atomic mass is 79.9. The van der Waals surface area contributed by atoms with Gasteiger partial charge in [-0.25, -0.2) is 0 Å². The lowest BCUT2D eigenvalue weighted by atomic mass is 10.0. The zero-order valence-electron chi connectivity index (χ0n) is 8.34. The first-order valence-corrected chi connectivity index (χ1v) is 5.31. The molecule has 0 fully saturated rings. The van der Waals surface area contributed by atoms with E-state index in [1.54, 1.807) is 6.92 Å². The van der Waals surface area contributed by atoms with Crippen molar-refractivity contribution in [3.05, 3.63) is 39.4 Å². The number of nitro benzene ring substituents is 1. The smallest absolute Gasteiger partial charge is 0.280 e. The largest absolute Gasteiger partial charge is 0.298 e. The molecule has 1 rings (SSSR count). The fourth-order valence-corrected chi connectivity index (χ4v) is 1.50. The van der Waals surface area contributed by atoms with Crippen LogP contribution in [-0.4, -0.2) is 21.8 Å². The molecule has 0 saturated carbocycles. The highest BCUT2D eigenvalue weighted by molar-refractivity contribution is 9.10. The van der Waals surface area contributed by atoms with E-state index in [0.29, 0.717) is 6.29 Å². The molecular weight excluding hydrogens is 278 g/mol. The Bertz CT molecular complexity index is 456. The van der Waals surface area contributed by atoms with Gasteiger partial charge < -0.3 is 0 Å². The van der Waals surface area contributed by atoms with Gasteiger partial charge in [-0.2, -0.15) is 0 Å². The molecule has 1 aromatic carbocycles. The standard InChI is InChI=1S/C10H8BrNO4/c1-6(11)10(14)9-7(5-13)3-2-4-8(9)12(15)16/h2-6H,1H3. The second kappa shape index (κ2) is 4.98. The van der Waals surface area contributed by atoms with Crippen molar-refractivity contribution in [2.75, 3.05) is 0 Å². The number of ketones is 1. The fourth-order valence-electron chi connectivity index (χ4n) is 1.28. The molecule has 0 aliphatic carbocycles. The van der Waals surface area contributed by atoms with Crippen LogP contribution in [0, 0.1) is 10.1 Å². The Hall–Kier alpha value is -1.56. The molecule has 0 heterocycles. The predicted octanol–water partition coefficient (Wildman–Crippen LogP) is 2.37. The molecule has 1 aromatic rings. The lowest BCUT2D eigenvalue weighted by molar-refractivity contribution is -0.385. The fraction of sp³-hybridized carbons (Fsp3) is 0.200. The van der Waals surface area contributed by atoms with Gasteiger partial charge in [-0.3, -0.25) is 19.7 Å². The molecule has 0 aliphatic heterocycles. The maximum absolute atomic E-state index is 11.7. The van der Waals surface area contributed by atoms with Crippen LogP contribution in [-0.2, 0) is 0 Å². The lowest BCUT2D eigenvalue weighted by Gasteiger charge is -2.06. The third-order valence-electron chi connectivity index (χ3n) is 2.01. The van der Waals surface area contributed by atoms with Crippen LogP contribution < -0.4 is 0 Å². The SMILES string of the molecule is CC(Br)C(=O)c1c(C=O)cccc1[N+](=O)[O-]. The predicted molar refractivity (Wildman–Crippen MR) is 61.2 cm³/mol. The maximum atomic E-state index is 11.7. The Balaban J connectivity index is 3.48. The van der Waals surface area contributed by atoms with Gasteiger partial charge in [0.15, 0.2) is 12.1 Å². The van der Waals surface area contributed by atoms with Crippen molar-refractivity contribution < 1.29 is 14.5 Å². The molecule has 0 amide bonds. The van der Waals surface area contributed by atoms with Gasteiger partial charge in [0.1, 0.15) is 5.56 Å². The minimum Gasteiger partial charge on any atom is -0.298 e. The van der Waals surface area contributed by atoms with Crippen LogP contribution in [0.2, 0.25) is 0 Å². The molecule has 0 N–H and O–H groups in total. The Morgan fingerprint density at radius 3 is 2.62 bits per heavy atom. The first-order chi connectivity index (χ1) is 7.49. The van der Waals surface area contributed by atoms with Crippen molar-refractivity contribution in [2.24, 2.45) is 0 Å². The molecule has 0 bridgehead atoms. The number of rotatable bonds is 4. The summed E-state index contributed by atoms with van der Waals surface area (Å²) in [5, 5.41) is 10.7. The Labute approximate surface area is 99.7 Å². The van der Waals surface area contributed by atoms with Gasteiger partial charge in [0, 0.05) is 11.6 Å². The van der Waals surface area contributed by atoms with Crippen LogP contribution >= 0.6 is 15.9 Å². The van der Waals surface area contributed by atoms with Crippen molar-refractivity contribution in [3.8, 4) is 0 Å². The number of halogens is 1. The second-order valence-corrected chi connectivity index (χ2v) is 4.47. The second-order valence-electron chi connectivity index (χ2n) is 3.10. The maximum Gasteiger partial charge on any atom is 0.280 e. The zero-order valence-corrected chi connectivity index (χ0v) is 9.93. The first kappa shape index (κ1) is 12.5. The molecule has 6 heteroatoms. The van der Waals surface area contributed by atoms with E-state index in [-0.39, 0.29) is 16.8 Å². The minimum atomic E-state index is -0.671. The van der Waals surface area contributed by atoms with Gasteiger partial charge in [0.05, 0.1) is 9.75 Å². The average molecular weight is 286 g/mol. The highest BCUT2D eigenvalue weighted by Crippen LogP contribution is 2.24. The van der Waals surface area contributed by atoms with Gasteiger partial charge in [0.25, 0.3) is 5.69 Å². The van der Waals surface area contributed by atoms with Crippen molar-refractivity contribution in [2.45, 2.75) is 11.8 Å². The van der Waals surface area contributed by atoms with E-state index >= 15 is 0 Å². The van der Waals surface area contributed by atoms with E-state index in [2.05, 4.69) is 15.9 Å². The molecule has 1 atom stereocenters. The van der Waals surface area contributed by atoms with Crippen molar-refractivity contribution in [3.63, 3.8) is 0 Å². The summed E-state index contributed by atoms with van der Waals surface area (Å²) in [7, 11) is 0. The number of Topliss-reactive ketones (excluding diaryl/α,β-unsaturated/α-hetero) is 1. The number of carbonyl (C=O) groups excluding carboxylic acids is 2. The number of nitro groups is 1. The van der Waals surface area contributed by atoms with Gasteiger partial charge in [0.2, 0.25) is 0 Å². The van der Waals surface area contributed by atoms with E-state index in [1.807, 2.05) is 0 Å². The van der Waals surface area contributed by atoms with Gasteiger partial charge in [-0.1, -0.05) is 28.1 Å². The van der Waals surface area contributed by atoms with E-state index < -0.39 is 15.5 Å². The summed E-state index contributed by atoms with van der Waals surface area (Å²) < 4.78 is 0. The Morgan fingerprint density at radius 1 is 1.56 bits per heavy atom. The molecule has 0 aromatic heterocycles. The molecule has 1 unspecified atom stereocenters. The molecule has 0 radical (unpaired) electrons. The van der Waals surface area contributed by atoms with Crippen LogP contribution in [0.1, 0.15) is 27.6 Å². The van der Waals surface area contributed by atoms with Gasteiger partial charge in [-0.05, 0) is 6.92 Å². The normalized spacial score (nSPS) is 11.9. The summed E-state index contributed by atoms with van der Waals surface area (Å²) in [5.41, 5.74) is -0.460. The van der Waals surface area contributed by atoms with E-state index in [4.69, 9.17) is 0 Å². The quantitative estimate of drug-likeness (QED) is 0.280. The molecular formula is C10H8BrNO4. The van der Waals surface area contributed by atoms with Crippen LogP contribution in [0.4, 0.5) is 5.69 Å².